The Kier molecular flexibility index (Phi) is 7.76. The maximum absolute atomic E-state index is 6.11. The van der Waals surface area contributed by atoms with Crippen LogP contribution in [0.15, 0.2) is 67.3 Å². The van der Waals surface area contributed by atoms with Gasteiger partial charge in [0.25, 0.3) is 0 Å². The van der Waals surface area contributed by atoms with E-state index in [1.54, 1.807) is 12.5 Å². The summed E-state index contributed by atoms with van der Waals surface area (Å²) in [6.45, 7) is 2.15. The van der Waals surface area contributed by atoms with E-state index in [0.29, 0.717) is 0 Å². The molecule has 0 fully saturated rings. The van der Waals surface area contributed by atoms with Crippen molar-refractivity contribution >= 4 is 36.2 Å². The zero-order valence-electron chi connectivity index (χ0n) is 14.6. The van der Waals surface area contributed by atoms with Gasteiger partial charge in [0.15, 0.2) is 6.23 Å². The standard InChI is InChI=1S/C21H21ClN2O.ClH/c1-2-4-21(24-14-13-23-16-24)25-20-11-9-17(10-12-20)7-8-18-5-3-6-19(22)15-18;/h3,5-16,21H,2,4H2,1H3;1H/b8-7+;. The van der Waals surface area contributed by atoms with Crippen LogP contribution in [-0.2, 0) is 0 Å². The fraction of sp³-hybridized carbons (Fsp3) is 0.190. The average Bonchev–Trinajstić information content (AvgIpc) is 3.15. The highest BCUT2D eigenvalue weighted by molar-refractivity contribution is 6.30. The highest BCUT2D eigenvalue weighted by Crippen LogP contribution is 2.22. The molecule has 3 nitrogen and oxygen atoms in total. The third kappa shape index (κ3) is 5.65. The molecule has 0 aliphatic carbocycles. The molecule has 5 heteroatoms. The molecule has 0 aliphatic heterocycles. The van der Waals surface area contributed by atoms with Crippen molar-refractivity contribution in [1.29, 1.82) is 0 Å². The molecule has 0 saturated heterocycles. The Bertz CT molecular complexity index is 814. The van der Waals surface area contributed by atoms with Gasteiger partial charge in [-0.05, 0) is 35.4 Å². The topological polar surface area (TPSA) is 27.1 Å². The molecule has 26 heavy (non-hydrogen) atoms. The van der Waals surface area contributed by atoms with Crippen LogP contribution >= 0.6 is 24.0 Å². The van der Waals surface area contributed by atoms with E-state index in [1.165, 1.54) is 0 Å². The minimum Gasteiger partial charge on any atom is -0.470 e. The summed E-state index contributed by atoms with van der Waals surface area (Å²) < 4.78 is 8.11. The van der Waals surface area contributed by atoms with E-state index in [4.69, 9.17) is 16.3 Å². The van der Waals surface area contributed by atoms with Gasteiger partial charge in [0, 0.05) is 23.8 Å². The SMILES string of the molecule is CCCC(Oc1ccc(/C=C/c2cccc(Cl)c2)cc1)n1ccnc1.Cl. The van der Waals surface area contributed by atoms with Crippen molar-refractivity contribution in [3.8, 4) is 5.75 Å². The fourth-order valence-corrected chi connectivity index (χ4v) is 2.77. The number of ether oxygens (including phenoxy) is 1. The van der Waals surface area contributed by atoms with Gasteiger partial charge in [0.05, 0.1) is 6.33 Å². The first-order valence-electron chi connectivity index (χ1n) is 8.42. The molecule has 0 spiro atoms. The number of hydrogen-bond donors (Lipinski definition) is 0. The molecule has 0 saturated carbocycles. The number of aromatic nitrogens is 2. The van der Waals surface area contributed by atoms with Crippen molar-refractivity contribution in [2.75, 3.05) is 0 Å². The van der Waals surface area contributed by atoms with Crippen LogP contribution in [0.4, 0.5) is 0 Å². The predicted octanol–water partition coefficient (Wildman–Crippen LogP) is 6.51. The maximum atomic E-state index is 6.11. The second kappa shape index (κ2) is 10.0. The van der Waals surface area contributed by atoms with Gasteiger partial charge in [-0.1, -0.05) is 61.4 Å². The smallest absolute Gasteiger partial charge is 0.176 e. The van der Waals surface area contributed by atoms with Crippen molar-refractivity contribution in [2.24, 2.45) is 0 Å². The third-order valence-electron chi connectivity index (χ3n) is 3.86. The molecule has 2 aromatic carbocycles. The van der Waals surface area contributed by atoms with Gasteiger partial charge < -0.3 is 9.30 Å². The average molecular weight is 389 g/mol. The molecule has 0 bridgehead atoms. The van der Waals surface area contributed by atoms with Gasteiger partial charge in [-0.25, -0.2) is 4.98 Å². The molecular formula is C21H22Cl2N2O. The number of imidazole rings is 1. The van der Waals surface area contributed by atoms with Gasteiger partial charge in [-0.3, -0.25) is 0 Å². The normalized spacial score (nSPS) is 11.9. The maximum Gasteiger partial charge on any atom is 0.176 e. The van der Waals surface area contributed by atoms with E-state index in [1.807, 2.05) is 65.4 Å². The zero-order chi connectivity index (χ0) is 17.5. The molecule has 3 aromatic rings. The van der Waals surface area contributed by atoms with Crippen LogP contribution in [0.25, 0.3) is 12.2 Å². The van der Waals surface area contributed by atoms with Crippen LogP contribution in [0.5, 0.6) is 5.75 Å². The third-order valence-corrected chi connectivity index (χ3v) is 4.10. The first-order chi connectivity index (χ1) is 12.2. The summed E-state index contributed by atoms with van der Waals surface area (Å²) in [5, 5.41) is 0.743. The Morgan fingerprint density at radius 2 is 1.88 bits per heavy atom. The summed E-state index contributed by atoms with van der Waals surface area (Å²) in [7, 11) is 0. The Hall–Kier alpha value is -2.23. The van der Waals surface area contributed by atoms with E-state index in [-0.39, 0.29) is 18.6 Å². The predicted molar refractivity (Wildman–Crippen MR) is 111 cm³/mol. The molecule has 1 heterocycles. The second-order valence-corrected chi connectivity index (χ2v) is 6.26. The molecule has 0 radical (unpaired) electrons. The van der Waals surface area contributed by atoms with Crippen LogP contribution in [0.1, 0.15) is 37.1 Å². The second-order valence-electron chi connectivity index (χ2n) is 5.83. The molecule has 1 unspecified atom stereocenters. The molecule has 0 N–H and O–H groups in total. The van der Waals surface area contributed by atoms with Gasteiger partial charge in [-0.2, -0.15) is 0 Å². The van der Waals surface area contributed by atoms with E-state index in [0.717, 1.165) is 34.7 Å². The van der Waals surface area contributed by atoms with Gasteiger partial charge in [0.1, 0.15) is 5.75 Å². The summed E-state index contributed by atoms with van der Waals surface area (Å²) in [6.07, 6.45) is 11.6. The van der Waals surface area contributed by atoms with E-state index >= 15 is 0 Å². The Morgan fingerprint density at radius 3 is 2.54 bits per heavy atom. The number of halogens is 2. The summed E-state index contributed by atoms with van der Waals surface area (Å²) >= 11 is 6.01. The minimum absolute atomic E-state index is 0. The molecule has 1 atom stereocenters. The van der Waals surface area contributed by atoms with Crippen LogP contribution in [0, 0.1) is 0 Å². The lowest BCUT2D eigenvalue weighted by atomic mass is 10.1. The summed E-state index contributed by atoms with van der Waals surface area (Å²) in [5.74, 6) is 0.854. The first kappa shape index (κ1) is 20.1. The highest BCUT2D eigenvalue weighted by Gasteiger charge is 2.10. The molecule has 1 aromatic heterocycles. The van der Waals surface area contributed by atoms with Gasteiger partial charge in [-0.15, -0.1) is 12.4 Å². The van der Waals surface area contributed by atoms with Crippen LogP contribution in [0.2, 0.25) is 5.02 Å². The van der Waals surface area contributed by atoms with Crippen molar-refractivity contribution in [3.05, 3.63) is 83.4 Å². The van der Waals surface area contributed by atoms with E-state index in [2.05, 4.69) is 18.0 Å². The van der Waals surface area contributed by atoms with Gasteiger partial charge in [0.2, 0.25) is 0 Å². The number of rotatable bonds is 7. The van der Waals surface area contributed by atoms with Crippen molar-refractivity contribution in [1.82, 2.24) is 9.55 Å². The number of nitrogens with zero attached hydrogens (tertiary/aromatic N) is 2. The van der Waals surface area contributed by atoms with Crippen molar-refractivity contribution < 1.29 is 4.74 Å². The summed E-state index contributed by atoms with van der Waals surface area (Å²) in [6, 6.07) is 15.9. The fourth-order valence-electron chi connectivity index (χ4n) is 2.57. The Balaban J connectivity index is 0.00000243. The highest BCUT2D eigenvalue weighted by atomic mass is 35.5. The van der Waals surface area contributed by atoms with Crippen molar-refractivity contribution in [3.63, 3.8) is 0 Å². The molecule has 3 rings (SSSR count). The lowest BCUT2D eigenvalue weighted by molar-refractivity contribution is 0.121. The van der Waals surface area contributed by atoms with Crippen LogP contribution in [-0.4, -0.2) is 9.55 Å². The molecule has 0 aliphatic rings. The monoisotopic (exact) mass is 388 g/mol. The minimum atomic E-state index is -0.0275. The van der Waals surface area contributed by atoms with E-state index < -0.39 is 0 Å². The van der Waals surface area contributed by atoms with E-state index in [9.17, 15) is 0 Å². The largest absolute Gasteiger partial charge is 0.470 e. The van der Waals surface area contributed by atoms with Crippen LogP contribution in [0.3, 0.4) is 0 Å². The Morgan fingerprint density at radius 1 is 1.12 bits per heavy atom. The lowest BCUT2D eigenvalue weighted by Gasteiger charge is -2.19. The first-order valence-corrected chi connectivity index (χ1v) is 8.80. The number of benzene rings is 2. The number of hydrogen-bond acceptors (Lipinski definition) is 2. The Labute approximate surface area is 165 Å². The molecular weight excluding hydrogens is 367 g/mol. The van der Waals surface area contributed by atoms with Gasteiger partial charge >= 0.3 is 0 Å². The lowest BCUT2D eigenvalue weighted by Crippen LogP contribution is -2.14. The summed E-state index contributed by atoms with van der Waals surface area (Å²) in [4.78, 5) is 4.10. The zero-order valence-corrected chi connectivity index (χ0v) is 16.2. The summed E-state index contributed by atoms with van der Waals surface area (Å²) in [5.41, 5.74) is 2.19. The molecule has 136 valence electrons. The van der Waals surface area contributed by atoms with Crippen LogP contribution < -0.4 is 4.74 Å². The van der Waals surface area contributed by atoms with Crippen molar-refractivity contribution in [2.45, 2.75) is 26.0 Å². The quantitative estimate of drug-likeness (QED) is 0.431. The molecule has 0 amide bonds.